The molecule has 0 atom stereocenters. The second-order valence-corrected chi connectivity index (χ2v) is 4.66. The van der Waals surface area contributed by atoms with Crippen LogP contribution in [0.25, 0.3) is 0 Å². The highest BCUT2D eigenvalue weighted by Gasteiger charge is 2.22. The zero-order chi connectivity index (χ0) is 13.7. The normalized spacial score (nSPS) is 15.5. The molecule has 0 radical (unpaired) electrons. The van der Waals surface area contributed by atoms with Gasteiger partial charge in [0, 0.05) is 31.9 Å². The molecule has 4 heteroatoms. The minimum atomic E-state index is -0.189. The second-order valence-electron chi connectivity index (χ2n) is 4.66. The van der Waals surface area contributed by atoms with Crippen molar-refractivity contribution >= 4 is 11.8 Å². The Morgan fingerprint density at radius 2 is 1.84 bits per heavy atom. The Balaban J connectivity index is 1.98. The summed E-state index contributed by atoms with van der Waals surface area (Å²) in [6, 6.07) is 8.50. The van der Waals surface area contributed by atoms with Gasteiger partial charge in [-0.25, -0.2) is 4.79 Å². The average Bonchev–Trinajstić information content (AvgIpc) is 2.47. The number of piperazine rings is 1. The minimum Gasteiger partial charge on any atom is -0.450 e. The Bertz CT molecular complexity index is 426. The van der Waals surface area contributed by atoms with Crippen LogP contribution in [0.15, 0.2) is 24.3 Å². The van der Waals surface area contributed by atoms with Crippen LogP contribution in [0, 0.1) is 0 Å². The molecule has 4 nitrogen and oxygen atoms in total. The Morgan fingerprint density at radius 3 is 2.47 bits per heavy atom. The van der Waals surface area contributed by atoms with Gasteiger partial charge in [-0.3, -0.25) is 0 Å². The molecule has 1 fully saturated rings. The fourth-order valence-electron chi connectivity index (χ4n) is 2.46. The highest BCUT2D eigenvalue weighted by Crippen LogP contribution is 2.22. The van der Waals surface area contributed by atoms with E-state index in [4.69, 9.17) is 4.74 Å². The molecule has 0 N–H and O–H groups in total. The van der Waals surface area contributed by atoms with Gasteiger partial charge in [-0.15, -0.1) is 0 Å². The average molecular weight is 262 g/mol. The molecular formula is C15H22N2O2. The molecular weight excluding hydrogens is 240 g/mol. The second kappa shape index (κ2) is 6.45. The molecule has 0 unspecified atom stereocenters. The van der Waals surface area contributed by atoms with Gasteiger partial charge in [0.05, 0.1) is 6.61 Å². The monoisotopic (exact) mass is 262 g/mol. The lowest BCUT2D eigenvalue weighted by Crippen LogP contribution is -2.49. The van der Waals surface area contributed by atoms with Crippen molar-refractivity contribution in [3.8, 4) is 0 Å². The molecule has 1 saturated heterocycles. The zero-order valence-electron chi connectivity index (χ0n) is 11.8. The summed E-state index contributed by atoms with van der Waals surface area (Å²) in [7, 11) is 0. The first-order valence-electron chi connectivity index (χ1n) is 7.00. The van der Waals surface area contributed by atoms with Crippen LogP contribution in [-0.4, -0.2) is 43.8 Å². The maximum absolute atomic E-state index is 11.6. The van der Waals surface area contributed by atoms with Crippen LogP contribution in [0.3, 0.4) is 0 Å². The Hall–Kier alpha value is -1.71. The molecule has 0 bridgehead atoms. The summed E-state index contributed by atoms with van der Waals surface area (Å²) in [6.45, 7) is 7.66. The molecule has 0 saturated carbocycles. The molecule has 1 aromatic carbocycles. The highest BCUT2D eigenvalue weighted by atomic mass is 16.6. The van der Waals surface area contributed by atoms with Crippen molar-refractivity contribution in [2.24, 2.45) is 0 Å². The first-order valence-corrected chi connectivity index (χ1v) is 7.00. The number of amides is 1. The molecule has 1 heterocycles. The van der Waals surface area contributed by atoms with Crippen molar-refractivity contribution in [3.05, 3.63) is 29.8 Å². The van der Waals surface area contributed by atoms with Gasteiger partial charge in [-0.1, -0.05) is 25.1 Å². The Labute approximate surface area is 115 Å². The number of benzene rings is 1. The van der Waals surface area contributed by atoms with Crippen LogP contribution in [0.4, 0.5) is 10.5 Å². The maximum atomic E-state index is 11.6. The maximum Gasteiger partial charge on any atom is 0.409 e. The first kappa shape index (κ1) is 13.7. The van der Waals surface area contributed by atoms with E-state index in [0.717, 1.165) is 32.6 Å². The summed E-state index contributed by atoms with van der Waals surface area (Å²) in [6.07, 6.45) is 0.847. The predicted molar refractivity (Wildman–Crippen MR) is 76.6 cm³/mol. The first-order chi connectivity index (χ1) is 9.26. The number of hydrogen-bond acceptors (Lipinski definition) is 3. The van der Waals surface area contributed by atoms with Crippen molar-refractivity contribution in [1.29, 1.82) is 0 Å². The van der Waals surface area contributed by atoms with Gasteiger partial charge >= 0.3 is 6.09 Å². The zero-order valence-corrected chi connectivity index (χ0v) is 11.8. The van der Waals surface area contributed by atoms with E-state index in [1.54, 1.807) is 4.90 Å². The number of rotatable bonds is 3. The van der Waals surface area contributed by atoms with E-state index in [2.05, 4.69) is 36.1 Å². The molecule has 104 valence electrons. The molecule has 1 aliphatic heterocycles. The number of nitrogens with zero attached hydrogens (tertiary/aromatic N) is 2. The quantitative estimate of drug-likeness (QED) is 0.839. The van der Waals surface area contributed by atoms with E-state index < -0.39 is 0 Å². The van der Waals surface area contributed by atoms with E-state index in [-0.39, 0.29) is 6.09 Å². The van der Waals surface area contributed by atoms with Gasteiger partial charge in [0.1, 0.15) is 0 Å². The van der Waals surface area contributed by atoms with Crippen molar-refractivity contribution in [2.75, 3.05) is 37.7 Å². The predicted octanol–water partition coefficient (Wildman–Crippen LogP) is 2.53. The van der Waals surface area contributed by atoms with Gasteiger partial charge < -0.3 is 14.5 Å². The van der Waals surface area contributed by atoms with Crippen LogP contribution in [0.2, 0.25) is 0 Å². The highest BCUT2D eigenvalue weighted by molar-refractivity contribution is 5.68. The molecule has 0 aliphatic carbocycles. The van der Waals surface area contributed by atoms with Crippen molar-refractivity contribution in [1.82, 2.24) is 4.90 Å². The number of carbonyl (C=O) groups excluding carboxylic acids is 1. The van der Waals surface area contributed by atoms with Crippen LogP contribution < -0.4 is 4.90 Å². The van der Waals surface area contributed by atoms with Crippen molar-refractivity contribution in [3.63, 3.8) is 0 Å². The van der Waals surface area contributed by atoms with Crippen molar-refractivity contribution < 1.29 is 9.53 Å². The van der Waals surface area contributed by atoms with Gasteiger partial charge in [0.2, 0.25) is 0 Å². The van der Waals surface area contributed by atoms with E-state index >= 15 is 0 Å². The third kappa shape index (κ3) is 3.19. The van der Waals surface area contributed by atoms with Gasteiger partial charge in [0.25, 0.3) is 0 Å². The van der Waals surface area contributed by atoms with E-state index in [1.165, 1.54) is 11.3 Å². The SMILES string of the molecule is CCOC(=O)N1CCN(c2ccccc2CC)CC1. The van der Waals surface area contributed by atoms with Gasteiger partial charge in [0.15, 0.2) is 0 Å². The van der Waals surface area contributed by atoms with Crippen LogP contribution in [-0.2, 0) is 11.2 Å². The van der Waals surface area contributed by atoms with Crippen LogP contribution >= 0.6 is 0 Å². The Kier molecular flexibility index (Phi) is 4.66. The van der Waals surface area contributed by atoms with Gasteiger partial charge in [-0.05, 0) is 25.0 Å². The molecule has 2 rings (SSSR count). The van der Waals surface area contributed by atoms with Crippen molar-refractivity contribution in [2.45, 2.75) is 20.3 Å². The summed E-state index contributed by atoms with van der Waals surface area (Å²) in [5.41, 5.74) is 2.67. The lowest BCUT2D eigenvalue weighted by molar-refractivity contribution is 0.105. The largest absolute Gasteiger partial charge is 0.450 e. The third-order valence-electron chi connectivity index (χ3n) is 3.52. The van der Waals surface area contributed by atoms with Crippen LogP contribution in [0.1, 0.15) is 19.4 Å². The summed E-state index contributed by atoms with van der Waals surface area (Å²) in [5.74, 6) is 0. The minimum absolute atomic E-state index is 0.189. The fraction of sp³-hybridized carbons (Fsp3) is 0.533. The smallest absolute Gasteiger partial charge is 0.409 e. The number of anilines is 1. The lowest BCUT2D eigenvalue weighted by Gasteiger charge is -2.36. The molecule has 1 amide bonds. The third-order valence-corrected chi connectivity index (χ3v) is 3.52. The number of carbonyl (C=O) groups is 1. The fourth-order valence-corrected chi connectivity index (χ4v) is 2.46. The summed E-state index contributed by atoms with van der Waals surface area (Å²) in [4.78, 5) is 15.8. The molecule has 0 spiro atoms. The summed E-state index contributed by atoms with van der Waals surface area (Å²) < 4.78 is 5.04. The lowest BCUT2D eigenvalue weighted by atomic mass is 10.1. The van der Waals surface area contributed by atoms with E-state index in [9.17, 15) is 4.79 Å². The number of ether oxygens (including phenoxy) is 1. The Morgan fingerprint density at radius 1 is 1.16 bits per heavy atom. The topological polar surface area (TPSA) is 32.8 Å². The number of aryl methyl sites for hydroxylation is 1. The van der Waals surface area contributed by atoms with E-state index in [1.807, 2.05) is 6.92 Å². The number of hydrogen-bond donors (Lipinski definition) is 0. The number of para-hydroxylation sites is 1. The van der Waals surface area contributed by atoms with E-state index in [0.29, 0.717) is 6.61 Å². The van der Waals surface area contributed by atoms with Gasteiger partial charge in [-0.2, -0.15) is 0 Å². The summed E-state index contributed by atoms with van der Waals surface area (Å²) >= 11 is 0. The standard InChI is InChI=1S/C15H22N2O2/c1-3-13-7-5-6-8-14(13)16-9-11-17(12-10-16)15(18)19-4-2/h5-8H,3-4,9-12H2,1-2H3. The molecule has 1 aliphatic rings. The molecule has 19 heavy (non-hydrogen) atoms. The summed E-state index contributed by atoms with van der Waals surface area (Å²) in [5, 5.41) is 0. The molecule has 0 aromatic heterocycles. The van der Waals surface area contributed by atoms with Crippen LogP contribution in [0.5, 0.6) is 0 Å². The molecule has 1 aromatic rings.